The van der Waals surface area contributed by atoms with Crippen LogP contribution in [0.4, 0.5) is 5.82 Å². The Morgan fingerprint density at radius 2 is 1.94 bits per heavy atom. The number of hydrogen-bond acceptors (Lipinski definition) is 4. The fourth-order valence-electron chi connectivity index (χ4n) is 2.52. The van der Waals surface area contributed by atoms with Crippen LogP contribution in [0.25, 0.3) is 0 Å². The Hall–Kier alpha value is -0.870. The highest BCUT2D eigenvalue weighted by Gasteiger charge is 2.25. The van der Waals surface area contributed by atoms with Gasteiger partial charge in [-0.1, -0.05) is 18.5 Å². The summed E-state index contributed by atoms with van der Waals surface area (Å²) in [5.41, 5.74) is 2.18. The minimum absolute atomic E-state index is 0.511. The maximum Gasteiger partial charge on any atom is 0.155 e. The summed E-state index contributed by atoms with van der Waals surface area (Å²) in [7, 11) is 0. The normalized spacial score (nSPS) is 21.4. The van der Waals surface area contributed by atoms with Gasteiger partial charge in [-0.15, -0.1) is 10.2 Å². The third-order valence-electron chi connectivity index (χ3n) is 3.91. The molecule has 18 heavy (non-hydrogen) atoms. The smallest absolute Gasteiger partial charge is 0.155 e. The zero-order valence-corrected chi connectivity index (χ0v) is 12.3. The van der Waals surface area contributed by atoms with Gasteiger partial charge in [0.15, 0.2) is 11.0 Å². The standard InChI is InChI=1S/C13H21ClN4/c1-5-17-6-7-18(8-9(17)2)13-11(4)10(3)12(14)15-16-13/h9H,5-8H2,1-4H3. The summed E-state index contributed by atoms with van der Waals surface area (Å²) in [6.07, 6.45) is 0. The first kappa shape index (κ1) is 13.6. The fourth-order valence-corrected chi connectivity index (χ4v) is 2.70. The lowest BCUT2D eigenvalue weighted by Crippen LogP contribution is -2.52. The van der Waals surface area contributed by atoms with Gasteiger partial charge < -0.3 is 4.90 Å². The second kappa shape index (κ2) is 5.41. The minimum atomic E-state index is 0.511. The molecule has 1 aromatic heterocycles. The molecule has 0 saturated carbocycles. The molecule has 0 amide bonds. The first-order chi connectivity index (χ1) is 8.54. The highest BCUT2D eigenvalue weighted by Crippen LogP contribution is 2.25. The maximum absolute atomic E-state index is 6.00. The summed E-state index contributed by atoms with van der Waals surface area (Å²) in [6, 6.07) is 0.556. The van der Waals surface area contributed by atoms with Crippen LogP contribution in [0, 0.1) is 13.8 Å². The second-order valence-electron chi connectivity index (χ2n) is 4.99. The molecule has 1 saturated heterocycles. The lowest BCUT2D eigenvalue weighted by molar-refractivity contribution is 0.199. The van der Waals surface area contributed by atoms with Crippen LogP contribution in [0.1, 0.15) is 25.0 Å². The first-order valence-electron chi connectivity index (χ1n) is 6.53. The van der Waals surface area contributed by atoms with Crippen molar-refractivity contribution in [3.8, 4) is 0 Å². The summed E-state index contributed by atoms with van der Waals surface area (Å²) in [4.78, 5) is 4.81. The lowest BCUT2D eigenvalue weighted by atomic mass is 10.1. The Bertz CT molecular complexity index is 435. The Labute approximate surface area is 114 Å². The van der Waals surface area contributed by atoms with E-state index < -0.39 is 0 Å². The number of hydrogen-bond donors (Lipinski definition) is 0. The molecule has 5 heteroatoms. The van der Waals surface area contributed by atoms with Crippen LogP contribution < -0.4 is 4.90 Å². The molecule has 1 atom stereocenters. The van der Waals surface area contributed by atoms with Gasteiger partial charge in [-0.3, -0.25) is 4.90 Å². The number of nitrogens with zero attached hydrogens (tertiary/aromatic N) is 4. The van der Waals surface area contributed by atoms with Gasteiger partial charge in [-0.25, -0.2) is 0 Å². The molecule has 1 aliphatic heterocycles. The molecule has 4 nitrogen and oxygen atoms in total. The summed E-state index contributed by atoms with van der Waals surface area (Å²) in [6.45, 7) is 12.8. The molecule has 0 aliphatic carbocycles. The summed E-state index contributed by atoms with van der Waals surface area (Å²) >= 11 is 6.00. The van der Waals surface area contributed by atoms with Gasteiger partial charge in [0.2, 0.25) is 0 Å². The molecule has 1 fully saturated rings. The van der Waals surface area contributed by atoms with E-state index in [1.807, 2.05) is 6.92 Å². The Kier molecular flexibility index (Phi) is 4.07. The van der Waals surface area contributed by atoms with E-state index >= 15 is 0 Å². The predicted octanol–water partition coefficient (Wildman–Crippen LogP) is 2.28. The van der Waals surface area contributed by atoms with E-state index in [0.717, 1.165) is 43.1 Å². The highest BCUT2D eigenvalue weighted by molar-refractivity contribution is 6.30. The summed E-state index contributed by atoms with van der Waals surface area (Å²) in [5.74, 6) is 0.986. The third kappa shape index (κ3) is 2.45. The molecule has 1 unspecified atom stereocenters. The number of piperazine rings is 1. The third-order valence-corrected chi connectivity index (χ3v) is 4.27. The fraction of sp³-hybridized carbons (Fsp3) is 0.692. The van der Waals surface area contributed by atoms with Crippen molar-refractivity contribution < 1.29 is 0 Å². The molecule has 0 aromatic carbocycles. The van der Waals surface area contributed by atoms with Crippen LogP contribution in [-0.4, -0.2) is 47.3 Å². The molecule has 1 aromatic rings. The van der Waals surface area contributed by atoms with Crippen LogP contribution in [-0.2, 0) is 0 Å². The van der Waals surface area contributed by atoms with Crippen molar-refractivity contribution in [1.82, 2.24) is 15.1 Å². The topological polar surface area (TPSA) is 32.3 Å². The molecule has 0 spiro atoms. The van der Waals surface area contributed by atoms with Crippen molar-refractivity contribution in [3.05, 3.63) is 16.3 Å². The molecule has 100 valence electrons. The highest BCUT2D eigenvalue weighted by atomic mass is 35.5. The van der Waals surface area contributed by atoms with E-state index in [1.165, 1.54) is 0 Å². The van der Waals surface area contributed by atoms with Gasteiger partial charge in [-0.05, 0) is 38.4 Å². The monoisotopic (exact) mass is 268 g/mol. The Morgan fingerprint density at radius 1 is 1.22 bits per heavy atom. The summed E-state index contributed by atoms with van der Waals surface area (Å²) < 4.78 is 0. The number of likely N-dealkylation sites (N-methyl/N-ethyl adjacent to an activating group) is 1. The van der Waals surface area contributed by atoms with E-state index in [1.54, 1.807) is 0 Å². The molecule has 2 rings (SSSR count). The van der Waals surface area contributed by atoms with Crippen molar-refractivity contribution in [2.24, 2.45) is 0 Å². The van der Waals surface area contributed by atoms with Crippen LogP contribution in [0.5, 0.6) is 0 Å². The quantitative estimate of drug-likeness (QED) is 0.824. The van der Waals surface area contributed by atoms with Gasteiger partial charge in [0, 0.05) is 25.7 Å². The first-order valence-corrected chi connectivity index (χ1v) is 6.90. The van der Waals surface area contributed by atoms with Gasteiger partial charge >= 0.3 is 0 Å². The van der Waals surface area contributed by atoms with Crippen LogP contribution in [0.3, 0.4) is 0 Å². The summed E-state index contributed by atoms with van der Waals surface area (Å²) in [5, 5.41) is 8.82. The average Bonchev–Trinajstić information content (AvgIpc) is 2.36. The Morgan fingerprint density at radius 3 is 2.56 bits per heavy atom. The van der Waals surface area contributed by atoms with Gasteiger partial charge in [0.1, 0.15) is 0 Å². The van der Waals surface area contributed by atoms with Gasteiger partial charge in [0.05, 0.1) is 0 Å². The molecule has 0 N–H and O–H groups in total. The molecule has 0 bridgehead atoms. The predicted molar refractivity (Wildman–Crippen MR) is 75.4 cm³/mol. The van der Waals surface area contributed by atoms with Crippen molar-refractivity contribution in [1.29, 1.82) is 0 Å². The molecule has 1 aliphatic rings. The SMILES string of the molecule is CCN1CCN(c2nnc(Cl)c(C)c2C)CC1C. The number of rotatable bonds is 2. The van der Waals surface area contributed by atoms with E-state index in [-0.39, 0.29) is 0 Å². The largest absolute Gasteiger partial charge is 0.352 e. The zero-order valence-electron chi connectivity index (χ0n) is 11.6. The second-order valence-corrected chi connectivity index (χ2v) is 5.35. The van der Waals surface area contributed by atoms with Crippen molar-refractivity contribution in [2.75, 3.05) is 31.1 Å². The number of anilines is 1. The molecule has 2 heterocycles. The van der Waals surface area contributed by atoms with Crippen molar-refractivity contribution in [3.63, 3.8) is 0 Å². The Balaban J connectivity index is 2.21. The van der Waals surface area contributed by atoms with Gasteiger partial charge in [-0.2, -0.15) is 0 Å². The van der Waals surface area contributed by atoms with E-state index in [0.29, 0.717) is 11.2 Å². The molecular weight excluding hydrogens is 248 g/mol. The van der Waals surface area contributed by atoms with E-state index in [9.17, 15) is 0 Å². The average molecular weight is 269 g/mol. The lowest BCUT2D eigenvalue weighted by Gasteiger charge is -2.40. The van der Waals surface area contributed by atoms with E-state index in [2.05, 4.69) is 40.8 Å². The molecular formula is C13H21ClN4. The van der Waals surface area contributed by atoms with Crippen LogP contribution in [0.2, 0.25) is 5.15 Å². The zero-order chi connectivity index (χ0) is 13.3. The van der Waals surface area contributed by atoms with Gasteiger partial charge in [0.25, 0.3) is 0 Å². The van der Waals surface area contributed by atoms with Crippen molar-refractivity contribution >= 4 is 17.4 Å². The number of aromatic nitrogens is 2. The van der Waals surface area contributed by atoms with Crippen LogP contribution >= 0.6 is 11.6 Å². The molecule has 0 radical (unpaired) electrons. The van der Waals surface area contributed by atoms with Crippen LogP contribution in [0.15, 0.2) is 0 Å². The minimum Gasteiger partial charge on any atom is -0.352 e. The number of halogens is 1. The van der Waals surface area contributed by atoms with E-state index in [4.69, 9.17) is 11.6 Å². The van der Waals surface area contributed by atoms with Crippen molar-refractivity contribution in [2.45, 2.75) is 33.7 Å². The maximum atomic E-state index is 6.00.